The van der Waals surface area contributed by atoms with E-state index in [0.29, 0.717) is 5.96 Å². The van der Waals surface area contributed by atoms with Crippen LogP contribution < -0.4 is 11.1 Å². The van der Waals surface area contributed by atoms with Crippen LogP contribution in [0.15, 0.2) is 23.2 Å². The minimum Gasteiger partial charge on any atom is -0.370 e. The van der Waals surface area contributed by atoms with Gasteiger partial charge in [0.15, 0.2) is 5.96 Å². The fourth-order valence-corrected chi connectivity index (χ4v) is 2.11. The Morgan fingerprint density at radius 1 is 1.24 bits per heavy atom. The van der Waals surface area contributed by atoms with Gasteiger partial charge in [0.05, 0.1) is 0 Å². The van der Waals surface area contributed by atoms with E-state index < -0.39 is 0 Å². The molecule has 0 bridgehead atoms. The molecule has 0 aliphatic heterocycles. The Bertz CT molecular complexity index is 467. The molecule has 0 fully saturated rings. The predicted molar refractivity (Wildman–Crippen MR) is 103 cm³/mol. The fourth-order valence-electron chi connectivity index (χ4n) is 2.11. The lowest BCUT2D eigenvalue weighted by Crippen LogP contribution is -2.24. The van der Waals surface area contributed by atoms with Gasteiger partial charge < -0.3 is 11.1 Å². The quantitative estimate of drug-likeness (QED) is 0.240. The first-order valence-electron chi connectivity index (χ1n) is 7.34. The number of aryl methyl sites for hydroxylation is 2. The smallest absolute Gasteiger partial charge is 0.193 e. The van der Waals surface area contributed by atoms with Crippen molar-refractivity contribution in [2.24, 2.45) is 10.7 Å². The first kappa shape index (κ1) is 19.8. The average Bonchev–Trinajstić information content (AvgIpc) is 2.47. The summed E-state index contributed by atoms with van der Waals surface area (Å²) in [5.41, 5.74) is 9.63. The van der Waals surface area contributed by atoms with Crippen molar-refractivity contribution in [2.45, 2.75) is 46.0 Å². The summed E-state index contributed by atoms with van der Waals surface area (Å²) in [6.45, 7) is 5.01. The van der Waals surface area contributed by atoms with Gasteiger partial charge >= 0.3 is 0 Å². The Balaban J connectivity index is 0.00000400. The van der Waals surface area contributed by atoms with Crippen molar-refractivity contribution in [1.29, 1.82) is 0 Å². The number of aliphatic imine (C=N–C) groups is 1. The summed E-state index contributed by atoms with van der Waals surface area (Å²) in [5.74, 6) is 3.12. The van der Waals surface area contributed by atoms with Crippen molar-refractivity contribution in [2.75, 3.05) is 11.9 Å². The maximum absolute atomic E-state index is 5.97. The van der Waals surface area contributed by atoms with Gasteiger partial charge in [-0.25, -0.2) is 0 Å². The summed E-state index contributed by atoms with van der Waals surface area (Å²) in [7, 11) is 0. The molecule has 0 heterocycles. The highest BCUT2D eigenvalue weighted by Gasteiger charge is 2.06. The number of rotatable bonds is 7. The number of terminal acetylenes is 1. The largest absolute Gasteiger partial charge is 0.370 e. The third-order valence-corrected chi connectivity index (χ3v) is 3.26. The maximum Gasteiger partial charge on any atom is 0.193 e. The number of halogens is 1. The minimum atomic E-state index is 0. The van der Waals surface area contributed by atoms with E-state index in [9.17, 15) is 0 Å². The molecule has 116 valence electrons. The van der Waals surface area contributed by atoms with Gasteiger partial charge in [0.25, 0.3) is 0 Å². The standard InChI is InChI=1S/C17H25N3.HI/c1-4-7-8-9-13-19-17(18)20-16-14(5-2)11-10-12-15(16)6-3;/h1,10-12H,5-9,13H2,2-3H3,(H3,18,19,20);1H. The summed E-state index contributed by atoms with van der Waals surface area (Å²) >= 11 is 0. The molecule has 3 nitrogen and oxygen atoms in total. The van der Waals surface area contributed by atoms with Crippen molar-refractivity contribution in [3.63, 3.8) is 0 Å². The van der Waals surface area contributed by atoms with E-state index in [1.54, 1.807) is 0 Å². The van der Waals surface area contributed by atoms with Gasteiger partial charge in [-0.1, -0.05) is 32.0 Å². The third kappa shape index (κ3) is 6.85. The number of para-hydroxylation sites is 1. The summed E-state index contributed by atoms with van der Waals surface area (Å²) in [5, 5.41) is 3.26. The highest BCUT2D eigenvalue weighted by atomic mass is 127. The van der Waals surface area contributed by atoms with Gasteiger partial charge in [-0.2, -0.15) is 0 Å². The van der Waals surface area contributed by atoms with E-state index in [4.69, 9.17) is 12.2 Å². The molecule has 0 spiro atoms. The van der Waals surface area contributed by atoms with Crippen molar-refractivity contribution in [3.05, 3.63) is 29.3 Å². The summed E-state index contributed by atoms with van der Waals surface area (Å²) in [6, 6.07) is 6.35. The number of unbranched alkanes of at least 4 members (excludes halogenated alkanes) is 2. The van der Waals surface area contributed by atoms with Crippen LogP contribution in [-0.4, -0.2) is 12.5 Å². The second kappa shape index (κ2) is 11.4. The van der Waals surface area contributed by atoms with Gasteiger partial charge in [0.1, 0.15) is 0 Å². The summed E-state index contributed by atoms with van der Waals surface area (Å²) < 4.78 is 0. The minimum absolute atomic E-state index is 0. The topological polar surface area (TPSA) is 50.4 Å². The van der Waals surface area contributed by atoms with Crippen LogP contribution in [0, 0.1) is 12.3 Å². The first-order chi connectivity index (χ1) is 9.72. The number of guanidine groups is 1. The first-order valence-corrected chi connectivity index (χ1v) is 7.34. The lowest BCUT2D eigenvalue weighted by atomic mass is 10.0. The Hall–Kier alpha value is -1.22. The van der Waals surface area contributed by atoms with Crippen molar-refractivity contribution in [1.82, 2.24) is 0 Å². The Morgan fingerprint density at radius 2 is 1.86 bits per heavy atom. The molecule has 0 saturated heterocycles. The van der Waals surface area contributed by atoms with E-state index in [1.807, 2.05) is 0 Å². The van der Waals surface area contributed by atoms with Crippen molar-refractivity contribution in [3.8, 4) is 12.3 Å². The molecule has 0 amide bonds. The monoisotopic (exact) mass is 399 g/mol. The van der Waals surface area contributed by atoms with Gasteiger partial charge in [0, 0.05) is 18.7 Å². The zero-order chi connectivity index (χ0) is 14.8. The van der Waals surface area contributed by atoms with Crippen LogP contribution in [0.25, 0.3) is 0 Å². The molecule has 4 heteroatoms. The zero-order valence-corrected chi connectivity index (χ0v) is 15.3. The zero-order valence-electron chi connectivity index (χ0n) is 13.0. The number of nitrogens with one attached hydrogen (secondary N) is 1. The molecule has 0 saturated carbocycles. The molecule has 1 aromatic carbocycles. The van der Waals surface area contributed by atoms with Crippen LogP contribution >= 0.6 is 24.0 Å². The molecular weight excluding hydrogens is 373 g/mol. The van der Waals surface area contributed by atoms with E-state index in [0.717, 1.165) is 44.3 Å². The van der Waals surface area contributed by atoms with Crippen molar-refractivity contribution >= 4 is 35.6 Å². The second-order valence-electron chi connectivity index (χ2n) is 4.71. The predicted octanol–water partition coefficient (Wildman–Crippen LogP) is 3.96. The normalized spacial score (nSPS) is 10.6. The van der Waals surface area contributed by atoms with Crippen LogP contribution in [0.3, 0.4) is 0 Å². The highest BCUT2D eigenvalue weighted by molar-refractivity contribution is 14.0. The molecule has 21 heavy (non-hydrogen) atoms. The van der Waals surface area contributed by atoms with E-state index >= 15 is 0 Å². The van der Waals surface area contributed by atoms with E-state index in [-0.39, 0.29) is 24.0 Å². The van der Waals surface area contributed by atoms with Gasteiger partial charge in [0.2, 0.25) is 0 Å². The van der Waals surface area contributed by atoms with Crippen LogP contribution in [0.2, 0.25) is 0 Å². The second-order valence-corrected chi connectivity index (χ2v) is 4.71. The molecule has 0 radical (unpaired) electrons. The molecule has 3 N–H and O–H groups in total. The number of anilines is 1. The number of nitrogens with zero attached hydrogens (tertiary/aromatic N) is 1. The number of nitrogens with two attached hydrogens (primary N) is 1. The third-order valence-electron chi connectivity index (χ3n) is 3.26. The van der Waals surface area contributed by atoms with Crippen LogP contribution in [0.1, 0.15) is 44.2 Å². The Labute approximate surface area is 145 Å². The lowest BCUT2D eigenvalue weighted by Gasteiger charge is -2.14. The van der Waals surface area contributed by atoms with Gasteiger partial charge in [-0.05, 0) is 36.8 Å². The molecular formula is C17H26IN3. The van der Waals surface area contributed by atoms with E-state index in [2.05, 4.69) is 48.3 Å². The molecule has 0 aromatic heterocycles. The summed E-state index contributed by atoms with van der Waals surface area (Å²) in [6.07, 6.45) is 9.95. The molecule has 0 unspecified atom stereocenters. The van der Waals surface area contributed by atoms with Gasteiger partial charge in [-0.15, -0.1) is 36.3 Å². The lowest BCUT2D eigenvalue weighted by molar-refractivity contribution is 0.768. The van der Waals surface area contributed by atoms with Crippen molar-refractivity contribution < 1.29 is 0 Å². The fraction of sp³-hybridized carbons (Fsp3) is 0.471. The Kier molecular flexibility index (Phi) is 10.8. The van der Waals surface area contributed by atoms with Crippen LogP contribution in [0.5, 0.6) is 0 Å². The van der Waals surface area contributed by atoms with Crippen LogP contribution in [-0.2, 0) is 12.8 Å². The molecule has 1 rings (SSSR count). The highest BCUT2D eigenvalue weighted by Crippen LogP contribution is 2.22. The molecule has 1 aromatic rings. The van der Waals surface area contributed by atoms with Crippen LogP contribution in [0.4, 0.5) is 5.69 Å². The van der Waals surface area contributed by atoms with Gasteiger partial charge in [-0.3, -0.25) is 4.99 Å². The maximum atomic E-state index is 5.97. The number of hydrogen-bond acceptors (Lipinski definition) is 1. The van der Waals surface area contributed by atoms with E-state index in [1.165, 1.54) is 11.1 Å². The number of hydrogen-bond donors (Lipinski definition) is 2. The Morgan fingerprint density at radius 3 is 2.38 bits per heavy atom. The average molecular weight is 399 g/mol. The molecule has 0 atom stereocenters. The molecule has 0 aliphatic carbocycles. The SMILES string of the molecule is C#CCCCCN=C(N)Nc1c(CC)cccc1CC.I. The summed E-state index contributed by atoms with van der Waals surface area (Å²) in [4.78, 5) is 4.36. The number of benzene rings is 1. The molecule has 0 aliphatic rings.